The van der Waals surface area contributed by atoms with E-state index < -0.39 is 0 Å². The van der Waals surface area contributed by atoms with Crippen LogP contribution in [0.5, 0.6) is 0 Å². The molecular weight excluding hydrogens is 354 g/mol. The number of benzene rings is 2. The highest BCUT2D eigenvalue weighted by atomic mass is 32.2. The van der Waals surface area contributed by atoms with Crippen LogP contribution in [0.3, 0.4) is 0 Å². The second-order valence-corrected chi connectivity index (χ2v) is 7.21. The van der Waals surface area contributed by atoms with Crippen LogP contribution < -0.4 is 0 Å². The minimum absolute atomic E-state index is 0.687. The number of aryl methyl sites for hydroxylation is 1. The summed E-state index contributed by atoms with van der Waals surface area (Å²) in [4.78, 5) is 0. The molecule has 0 atom stereocenters. The molecule has 0 N–H and O–H groups in total. The number of fused-ring (bicyclic) bond motifs is 1. The van der Waals surface area contributed by atoms with Crippen LogP contribution in [0.25, 0.3) is 22.3 Å². The van der Waals surface area contributed by atoms with Crippen molar-refractivity contribution in [2.24, 2.45) is 7.05 Å². The third-order valence-electron chi connectivity index (χ3n) is 4.70. The highest BCUT2D eigenvalue weighted by Gasteiger charge is 2.17. The molecule has 2 heterocycles. The van der Waals surface area contributed by atoms with Crippen molar-refractivity contribution in [3.63, 3.8) is 0 Å². The monoisotopic (exact) mass is 373 g/mol. The van der Waals surface area contributed by atoms with Crippen LogP contribution in [-0.4, -0.2) is 19.3 Å². The lowest BCUT2D eigenvalue weighted by atomic mass is 10.1. The van der Waals surface area contributed by atoms with Gasteiger partial charge in [-0.3, -0.25) is 0 Å². The van der Waals surface area contributed by atoms with E-state index in [2.05, 4.69) is 58.2 Å². The second kappa shape index (κ2) is 7.29. The predicted molar refractivity (Wildman–Crippen MR) is 108 cm³/mol. The molecule has 0 aliphatic heterocycles. The molecule has 0 saturated carbocycles. The molecule has 6 heteroatoms. The average molecular weight is 373 g/mol. The van der Waals surface area contributed by atoms with E-state index >= 15 is 0 Å². The van der Waals surface area contributed by atoms with Gasteiger partial charge in [-0.15, -0.1) is 10.2 Å². The van der Waals surface area contributed by atoms with Crippen molar-refractivity contribution in [2.45, 2.75) is 24.4 Å². The van der Waals surface area contributed by atoms with Gasteiger partial charge < -0.3 is 9.13 Å². The van der Waals surface area contributed by atoms with Crippen LogP contribution in [0.15, 0.2) is 59.9 Å². The normalized spacial score (nSPS) is 11.0. The van der Waals surface area contributed by atoms with Gasteiger partial charge in [-0.25, -0.2) is 0 Å². The fourth-order valence-electron chi connectivity index (χ4n) is 3.26. The number of rotatable bonds is 5. The molecule has 5 nitrogen and oxygen atoms in total. The van der Waals surface area contributed by atoms with E-state index in [1.54, 1.807) is 11.8 Å². The Morgan fingerprint density at radius 1 is 1.07 bits per heavy atom. The zero-order valence-electron chi connectivity index (χ0n) is 15.3. The Labute approximate surface area is 162 Å². The summed E-state index contributed by atoms with van der Waals surface area (Å²) >= 11 is 1.59. The molecule has 4 aromatic rings. The first kappa shape index (κ1) is 17.4. The summed E-state index contributed by atoms with van der Waals surface area (Å²) in [5, 5.41) is 20.1. The fraction of sp³-hybridized carbons (Fsp3) is 0.190. The molecule has 0 saturated heterocycles. The molecule has 2 aromatic carbocycles. The van der Waals surface area contributed by atoms with Crippen molar-refractivity contribution in [1.29, 1.82) is 5.26 Å². The van der Waals surface area contributed by atoms with Crippen molar-refractivity contribution in [3.05, 3.63) is 65.9 Å². The SMILES string of the molecule is CCn1cc(-c2nnc(SCc3ccccc3C#N)n2C)c2ccccc21. The number of nitriles is 1. The molecule has 0 amide bonds. The van der Waals surface area contributed by atoms with Crippen molar-refractivity contribution in [2.75, 3.05) is 0 Å². The zero-order valence-corrected chi connectivity index (χ0v) is 16.1. The summed E-state index contributed by atoms with van der Waals surface area (Å²) < 4.78 is 4.26. The maximum Gasteiger partial charge on any atom is 0.191 e. The molecule has 0 bridgehead atoms. The molecular formula is C21H19N5S. The van der Waals surface area contributed by atoms with E-state index in [0.29, 0.717) is 11.3 Å². The third kappa shape index (κ3) is 3.11. The third-order valence-corrected chi connectivity index (χ3v) is 5.77. The van der Waals surface area contributed by atoms with Crippen molar-refractivity contribution >= 4 is 22.7 Å². The smallest absolute Gasteiger partial charge is 0.191 e. The highest BCUT2D eigenvalue weighted by molar-refractivity contribution is 7.98. The topological polar surface area (TPSA) is 59.4 Å². The van der Waals surface area contributed by atoms with Gasteiger partial charge in [0.15, 0.2) is 11.0 Å². The van der Waals surface area contributed by atoms with Crippen LogP contribution in [0.2, 0.25) is 0 Å². The van der Waals surface area contributed by atoms with Gasteiger partial charge in [-0.2, -0.15) is 5.26 Å². The molecule has 27 heavy (non-hydrogen) atoms. The van der Waals surface area contributed by atoms with Gasteiger partial charge in [0.1, 0.15) is 0 Å². The van der Waals surface area contributed by atoms with Crippen LogP contribution in [0, 0.1) is 11.3 Å². The minimum Gasteiger partial charge on any atom is -0.347 e. The lowest BCUT2D eigenvalue weighted by Gasteiger charge is -2.05. The maximum absolute atomic E-state index is 9.25. The molecule has 0 radical (unpaired) electrons. The van der Waals surface area contributed by atoms with Gasteiger partial charge in [0.05, 0.1) is 11.6 Å². The molecule has 0 spiro atoms. The van der Waals surface area contributed by atoms with Crippen LogP contribution in [0.4, 0.5) is 0 Å². The Balaban J connectivity index is 1.66. The van der Waals surface area contributed by atoms with E-state index in [-0.39, 0.29) is 0 Å². The standard InChI is InChI=1S/C21H19N5S/c1-3-26-13-18(17-10-6-7-11-19(17)26)20-23-24-21(25(20)2)27-14-16-9-5-4-8-15(16)12-22/h4-11,13H,3,14H2,1-2H3. The summed E-state index contributed by atoms with van der Waals surface area (Å²) in [6, 6.07) is 18.3. The number of hydrogen-bond donors (Lipinski definition) is 0. The molecule has 2 aromatic heterocycles. The first-order valence-corrected chi connectivity index (χ1v) is 9.80. The number of para-hydroxylation sites is 1. The minimum atomic E-state index is 0.687. The largest absolute Gasteiger partial charge is 0.347 e. The van der Waals surface area contributed by atoms with Gasteiger partial charge >= 0.3 is 0 Å². The molecule has 4 rings (SSSR count). The number of thioether (sulfide) groups is 1. The van der Waals surface area contributed by atoms with Crippen LogP contribution >= 0.6 is 11.8 Å². The lowest BCUT2D eigenvalue weighted by molar-refractivity contribution is 0.787. The second-order valence-electron chi connectivity index (χ2n) is 6.27. The van der Waals surface area contributed by atoms with Crippen molar-refractivity contribution in [3.8, 4) is 17.5 Å². The van der Waals surface area contributed by atoms with Crippen molar-refractivity contribution in [1.82, 2.24) is 19.3 Å². The number of nitrogens with zero attached hydrogens (tertiary/aromatic N) is 5. The van der Waals surface area contributed by atoms with Gasteiger partial charge in [-0.1, -0.05) is 48.2 Å². The Morgan fingerprint density at radius 2 is 1.85 bits per heavy atom. The summed E-state index contributed by atoms with van der Waals surface area (Å²) in [5.41, 5.74) is 4.01. The zero-order chi connectivity index (χ0) is 18.8. The molecule has 134 valence electrons. The quantitative estimate of drug-likeness (QED) is 0.479. The Bertz CT molecular complexity index is 1150. The van der Waals surface area contributed by atoms with E-state index in [0.717, 1.165) is 28.7 Å². The number of hydrogen-bond acceptors (Lipinski definition) is 4. The van der Waals surface area contributed by atoms with Crippen LogP contribution in [-0.2, 0) is 19.3 Å². The first-order chi connectivity index (χ1) is 13.2. The van der Waals surface area contributed by atoms with E-state index in [9.17, 15) is 5.26 Å². The molecule has 0 fully saturated rings. The number of aromatic nitrogens is 4. The van der Waals surface area contributed by atoms with Crippen molar-refractivity contribution < 1.29 is 0 Å². The van der Waals surface area contributed by atoms with Crippen LogP contribution in [0.1, 0.15) is 18.1 Å². The Hall–Kier alpha value is -3.04. The summed E-state index contributed by atoms with van der Waals surface area (Å²) in [6.45, 7) is 3.05. The fourth-order valence-corrected chi connectivity index (χ4v) is 4.17. The van der Waals surface area contributed by atoms with Gasteiger partial charge in [-0.05, 0) is 24.6 Å². The van der Waals surface area contributed by atoms with E-state index in [1.807, 2.05) is 35.9 Å². The van der Waals surface area contributed by atoms with E-state index in [4.69, 9.17) is 0 Å². The first-order valence-electron chi connectivity index (χ1n) is 8.81. The predicted octanol–water partition coefficient (Wildman–Crippen LogP) is 4.62. The maximum atomic E-state index is 9.25. The van der Waals surface area contributed by atoms with Gasteiger partial charge in [0, 0.05) is 42.0 Å². The molecule has 0 aliphatic rings. The highest BCUT2D eigenvalue weighted by Crippen LogP contribution is 2.32. The van der Waals surface area contributed by atoms with Gasteiger partial charge in [0.25, 0.3) is 0 Å². The Morgan fingerprint density at radius 3 is 2.67 bits per heavy atom. The molecule has 0 unspecified atom stereocenters. The average Bonchev–Trinajstić information content (AvgIpc) is 3.26. The summed E-state index contributed by atoms with van der Waals surface area (Å²) in [5.74, 6) is 1.54. The molecule has 0 aliphatic carbocycles. The Kier molecular flexibility index (Phi) is 4.69. The van der Waals surface area contributed by atoms with E-state index in [1.165, 1.54) is 10.9 Å². The van der Waals surface area contributed by atoms with Gasteiger partial charge in [0.2, 0.25) is 0 Å². The summed E-state index contributed by atoms with van der Waals surface area (Å²) in [7, 11) is 1.99. The summed E-state index contributed by atoms with van der Waals surface area (Å²) in [6.07, 6.45) is 2.15. The lowest BCUT2D eigenvalue weighted by Crippen LogP contribution is -1.95.